The molecule has 0 aliphatic carbocycles. The lowest BCUT2D eigenvalue weighted by molar-refractivity contribution is 0.162. The fraction of sp³-hybridized carbons (Fsp3) is 0.435. The molecule has 4 rings (SSSR count). The van der Waals surface area contributed by atoms with Crippen LogP contribution in [0.5, 0.6) is 5.75 Å². The monoisotopic (exact) mass is 433 g/mol. The number of nitrogens with zero attached hydrogens (tertiary/aromatic N) is 6. The lowest BCUT2D eigenvalue weighted by Crippen LogP contribution is -2.43. The van der Waals surface area contributed by atoms with Gasteiger partial charge in [0.05, 0.1) is 17.8 Å². The average Bonchev–Trinajstić information content (AvgIpc) is 3.20. The molecule has 166 valence electrons. The van der Waals surface area contributed by atoms with Gasteiger partial charge in [0.1, 0.15) is 17.3 Å². The molecule has 9 heteroatoms. The quantitative estimate of drug-likeness (QED) is 0.662. The van der Waals surface area contributed by atoms with Crippen LogP contribution >= 0.6 is 0 Å². The first-order valence-corrected chi connectivity index (χ1v) is 10.8. The number of urea groups is 1. The highest BCUT2D eigenvalue weighted by atomic mass is 16.5. The van der Waals surface area contributed by atoms with Gasteiger partial charge in [-0.1, -0.05) is 5.21 Å². The molecule has 0 atom stereocenters. The zero-order valence-electron chi connectivity index (χ0n) is 18.6. The Morgan fingerprint density at radius 2 is 2.09 bits per heavy atom. The number of likely N-dealkylation sites (tertiary alicyclic amines) is 1. The molecule has 3 heterocycles. The van der Waals surface area contributed by atoms with Gasteiger partial charge in [0.15, 0.2) is 5.69 Å². The molecule has 0 spiro atoms. The Morgan fingerprint density at radius 3 is 2.78 bits per heavy atom. The van der Waals surface area contributed by atoms with Crippen molar-refractivity contribution in [2.24, 2.45) is 13.0 Å². The van der Waals surface area contributed by atoms with Crippen LogP contribution in [0.25, 0.3) is 22.3 Å². The molecule has 1 aromatic carbocycles. The Labute approximate surface area is 187 Å². The van der Waals surface area contributed by atoms with Crippen molar-refractivity contribution in [3.8, 4) is 23.1 Å². The summed E-state index contributed by atoms with van der Waals surface area (Å²) in [4.78, 5) is 18.0. The number of nitriles is 1. The summed E-state index contributed by atoms with van der Waals surface area (Å²) >= 11 is 0. The molecular weight excluding hydrogens is 406 g/mol. The van der Waals surface area contributed by atoms with Crippen LogP contribution in [-0.2, 0) is 7.05 Å². The molecule has 0 saturated carbocycles. The molecule has 32 heavy (non-hydrogen) atoms. The highest BCUT2D eigenvalue weighted by Crippen LogP contribution is 2.28. The molecule has 0 unspecified atom stereocenters. The summed E-state index contributed by atoms with van der Waals surface area (Å²) in [5.74, 6) is 1.42. The highest BCUT2D eigenvalue weighted by molar-refractivity contribution is 5.83. The summed E-state index contributed by atoms with van der Waals surface area (Å²) in [7, 11) is 3.47. The van der Waals surface area contributed by atoms with Crippen LogP contribution in [0, 0.1) is 24.2 Å². The van der Waals surface area contributed by atoms with Crippen LogP contribution in [-0.4, -0.2) is 57.7 Å². The molecule has 3 aromatic rings. The molecule has 1 saturated heterocycles. The molecular formula is C23H27N7O2. The summed E-state index contributed by atoms with van der Waals surface area (Å²) in [6.45, 7) is 4.25. The molecule has 1 aliphatic rings. The van der Waals surface area contributed by atoms with Crippen LogP contribution in [0.2, 0.25) is 0 Å². The zero-order valence-corrected chi connectivity index (χ0v) is 18.6. The highest BCUT2D eigenvalue weighted by Gasteiger charge is 2.22. The molecule has 0 bridgehead atoms. The first kappa shape index (κ1) is 21.6. The third-order valence-corrected chi connectivity index (χ3v) is 6.08. The Hall–Kier alpha value is -3.67. The number of amides is 2. The summed E-state index contributed by atoms with van der Waals surface area (Å²) in [6, 6.07) is 9.96. The van der Waals surface area contributed by atoms with Crippen LogP contribution in [0.3, 0.4) is 0 Å². The van der Waals surface area contributed by atoms with Crippen LogP contribution in [0.15, 0.2) is 24.3 Å². The van der Waals surface area contributed by atoms with Gasteiger partial charge >= 0.3 is 6.03 Å². The number of ether oxygens (including phenoxy) is 1. The van der Waals surface area contributed by atoms with Crippen LogP contribution in [0.1, 0.15) is 30.5 Å². The third-order valence-electron chi connectivity index (χ3n) is 6.08. The van der Waals surface area contributed by atoms with Crippen molar-refractivity contribution in [2.75, 3.05) is 26.7 Å². The van der Waals surface area contributed by atoms with Gasteiger partial charge in [-0.05, 0) is 61.9 Å². The number of hydrogen-bond acceptors (Lipinski definition) is 6. The van der Waals surface area contributed by atoms with Gasteiger partial charge in [-0.2, -0.15) is 5.26 Å². The van der Waals surface area contributed by atoms with Crippen molar-refractivity contribution >= 4 is 17.1 Å². The lowest BCUT2D eigenvalue weighted by Gasteiger charge is -2.31. The summed E-state index contributed by atoms with van der Waals surface area (Å²) in [5, 5.41) is 20.2. The number of aryl methyl sites for hydroxylation is 2. The van der Waals surface area contributed by atoms with E-state index in [9.17, 15) is 10.1 Å². The number of nitrogens with one attached hydrogen (secondary N) is 1. The predicted octanol–water partition coefficient (Wildman–Crippen LogP) is 3.03. The molecule has 1 N–H and O–H groups in total. The van der Waals surface area contributed by atoms with Gasteiger partial charge < -0.3 is 15.0 Å². The van der Waals surface area contributed by atoms with Crippen molar-refractivity contribution in [3.05, 3.63) is 35.5 Å². The Bertz CT molecular complexity index is 1170. The smallest absolute Gasteiger partial charge is 0.317 e. The van der Waals surface area contributed by atoms with Crippen molar-refractivity contribution < 1.29 is 9.53 Å². The number of benzene rings is 1. The first-order chi connectivity index (χ1) is 15.5. The van der Waals surface area contributed by atoms with Gasteiger partial charge in [-0.3, -0.25) is 0 Å². The predicted molar refractivity (Wildman–Crippen MR) is 120 cm³/mol. The summed E-state index contributed by atoms with van der Waals surface area (Å²) in [6.07, 6.45) is 2.99. The van der Waals surface area contributed by atoms with Crippen LogP contribution in [0.4, 0.5) is 4.79 Å². The standard InChI is InChI=1S/C23H27N7O2/c1-15-12-17(18-13-20-22(19(14-24)26-18)27-28-29(20)3)4-5-21(15)32-11-8-16-6-9-30(10-7-16)23(31)25-2/h4-5,12-13,16H,6-11H2,1-3H3,(H,25,31). The number of rotatable bonds is 5. The van der Waals surface area contributed by atoms with Crippen molar-refractivity contribution in [2.45, 2.75) is 26.2 Å². The number of fused-ring (bicyclic) bond motifs is 1. The molecule has 1 fully saturated rings. The van der Waals surface area contributed by atoms with Crippen molar-refractivity contribution in [3.63, 3.8) is 0 Å². The molecule has 1 aliphatic heterocycles. The fourth-order valence-corrected chi connectivity index (χ4v) is 4.15. The summed E-state index contributed by atoms with van der Waals surface area (Å²) in [5.41, 5.74) is 4.18. The minimum atomic E-state index is 0.00519. The van der Waals surface area contributed by atoms with E-state index in [2.05, 4.69) is 26.7 Å². The number of piperidine rings is 1. The maximum Gasteiger partial charge on any atom is 0.317 e. The Morgan fingerprint density at radius 1 is 1.31 bits per heavy atom. The van der Waals surface area contributed by atoms with Gasteiger partial charge in [-0.15, -0.1) is 5.10 Å². The van der Waals surface area contributed by atoms with E-state index in [1.54, 1.807) is 18.8 Å². The minimum absolute atomic E-state index is 0.00519. The number of carbonyl (C=O) groups is 1. The van der Waals surface area contributed by atoms with Gasteiger partial charge in [0, 0.05) is 32.7 Å². The molecule has 9 nitrogen and oxygen atoms in total. The molecule has 0 radical (unpaired) electrons. The SMILES string of the molecule is CNC(=O)N1CCC(CCOc2ccc(-c3cc4c(nnn4C)c(C#N)n3)cc2C)CC1. The molecule has 2 aromatic heterocycles. The van der Waals surface area contributed by atoms with Gasteiger partial charge in [0.2, 0.25) is 0 Å². The second-order valence-electron chi connectivity index (χ2n) is 8.15. The van der Waals surface area contributed by atoms with Crippen molar-refractivity contribution in [1.29, 1.82) is 5.26 Å². The van der Waals surface area contributed by atoms with E-state index in [4.69, 9.17) is 4.74 Å². The maximum absolute atomic E-state index is 11.7. The average molecular weight is 434 g/mol. The largest absolute Gasteiger partial charge is 0.493 e. The van der Waals surface area contributed by atoms with E-state index in [-0.39, 0.29) is 11.7 Å². The van der Waals surface area contributed by atoms with E-state index >= 15 is 0 Å². The molecule has 2 amide bonds. The van der Waals surface area contributed by atoms with E-state index in [1.807, 2.05) is 36.1 Å². The second kappa shape index (κ2) is 9.22. The van der Waals surface area contributed by atoms with Gasteiger partial charge in [0.25, 0.3) is 0 Å². The first-order valence-electron chi connectivity index (χ1n) is 10.8. The van der Waals surface area contributed by atoms with E-state index in [1.165, 1.54) is 0 Å². The minimum Gasteiger partial charge on any atom is -0.493 e. The second-order valence-corrected chi connectivity index (χ2v) is 8.15. The zero-order chi connectivity index (χ0) is 22.7. The fourth-order valence-electron chi connectivity index (χ4n) is 4.15. The van der Waals surface area contributed by atoms with E-state index < -0.39 is 0 Å². The van der Waals surface area contributed by atoms with Crippen molar-refractivity contribution in [1.82, 2.24) is 30.2 Å². The number of hydrogen-bond donors (Lipinski definition) is 1. The Balaban J connectivity index is 1.39. The Kier molecular flexibility index (Phi) is 6.21. The maximum atomic E-state index is 11.7. The van der Waals surface area contributed by atoms with E-state index in [0.717, 1.165) is 54.7 Å². The number of pyridine rings is 1. The third kappa shape index (κ3) is 4.35. The summed E-state index contributed by atoms with van der Waals surface area (Å²) < 4.78 is 7.70. The number of aromatic nitrogens is 4. The number of carbonyl (C=O) groups excluding carboxylic acids is 1. The van der Waals surface area contributed by atoms with Crippen LogP contribution < -0.4 is 10.1 Å². The van der Waals surface area contributed by atoms with Gasteiger partial charge in [-0.25, -0.2) is 14.5 Å². The van der Waals surface area contributed by atoms with E-state index in [0.29, 0.717) is 23.7 Å². The topological polar surface area (TPSA) is 109 Å². The lowest BCUT2D eigenvalue weighted by atomic mass is 9.94. The normalized spacial score (nSPS) is 14.4.